The fourth-order valence-corrected chi connectivity index (χ4v) is 3.44. The SMILES string of the molecule is COC(=O)CCC[S+]([O-])c1nc(-c2cccs2)cc(C(F)(F)F)n1. The van der Waals surface area contributed by atoms with Gasteiger partial charge in [-0.3, -0.25) is 4.79 Å². The number of rotatable bonds is 6. The molecule has 2 heterocycles. The Labute approximate surface area is 143 Å². The molecule has 0 fully saturated rings. The monoisotopic (exact) mass is 378 g/mol. The zero-order chi connectivity index (χ0) is 17.7. The van der Waals surface area contributed by atoms with Gasteiger partial charge in [-0.05, 0) is 17.5 Å². The van der Waals surface area contributed by atoms with Gasteiger partial charge in [-0.2, -0.15) is 23.1 Å². The molecule has 0 spiro atoms. The molecule has 2 rings (SSSR count). The quantitative estimate of drug-likeness (QED) is 0.438. The Hall–Kier alpha value is -1.65. The molecule has 0 N–H and O–H groups in total. The van der Waals surface area contributed by atoms with Crippen LogP contribution in [0.4, 0.5) is 13.2 Å². The van der Waals surface area contributed by atoms with E-state index in [1.807, 2.05) is 0 Å². The summed E-state index contributed by atoms with van der Waals surface area (Å²) in [7, 11) is 1.22. The van der Waals surface area contributed by atoms with Crippen molar-refractivity contribution in [3.05, 3.63) is 29.3 Å². The van der Waals surface area contributed by atoms with Crippen molar-refractivity contribution >= 4 is 28.5 Å². The molecule has 0 aliphatic rings. The summed E-state index contributed by atoms with van der Waals surface area (Å²) in [5.41, 5.74) is -1.07. The van der Waals surface area contributed by atoms with E-state index < -0.39 is 34.2 Å². The minimum Gasteiger partial charge on any atom is -0.609 e. The van der Waals surface area contributed by atoms with E-state index in [1.54, 1.807) is 17.5 Å². The number of thiophene rings is 1. The van der Waals surface area contributed by atoms with Crippen LogP contribution in [0.15, 0.2) is 28.7 Å². The maximum atomic E-state index is 13.0. The molecule has 0 radical (unpaired) electrons. The molecule has 0 aliphatic heterocycles. The second-order valence-corrected chi connectivity index (χ2v) is 7.04. The minimum atomic E-state index is -4.67. The summed E-state index contributed by atoms with van der Waals surface area (Å²) in [5.74, 6) is -0.503. The molecule has 2 aromatic rings. The number of nitrogens with zero attached hydrogens (tertiary/aromatic N) is 2. The molecular weight excluding hydrogens is 365 g/mol. The van der Waals surface area contributed by atoms with Crippen LogP contribution in [0.2, 0.25) is 0 Å². The average molecular weight is 378 g/mol. The third-order valence-electron chi connectivity index (χ3n) is 2.91. The Morgan fingerprint density at radius 1 is 1.42 bits per heavy atom. The van der Waals surface area contributed by atoms with E-state index in [4.69, 9.17) is 0 Å². The second kappa shape index (κ2) is 7.95. The van der Waals surface area contributed by atoms with Crippen molar-refractivity contribution in [1.82, 2.24) is 9.97 Å². The van der Waals surface area contributed by atoms with Gasteiger partial charge in [0.05, 0.1) is 17.7 Å². The van der Waals surface area contributed by atoms with E-state index in [0.29, 0.717) is 4.88 Å². The topological polar surface area (TPSA) is 75.1 Å². The van der Waals surface area contributed by atoms with Crippen LogP contribution >= 0.6 is 11.3 Å². The summed E-state index contributed by atoms with van der Waals surface area (Å²) < 4.78 is 55.7. The number of hydrogen-bond acceptors (Lipinski definition) is 6. The smallest absolute Gasteiger partial charge is 0.433 e. The van der Waals surface area contributed by atoms with E-state index in [0.717, 1.165) is 6.07 Å². The first-order chi connectivity index (χ1) is 11.3. The van der Waals surface area contributed by atoms with Gasteiger partial charge in [0, 0.05) is 24.0 Å². The fraction of sp³-hybridized carbons (Fsp3) is 0.357. The molecule has 1 atom stereocenters. The van der Waals surface area contributed by atoms with Gasteiger partial charge in [-0.1, -0.05) is 6.07 Å². The Morgan fingerprint density at radius 3 is 2.75 bits per heavy atom. The molecule has 130 valence electrons. The average Bonchev–Trinajstić information content (AvgIpc) is 3.07. The van der Waals surface area contributed by atoms with Crippen LogP contribution in [0, 0.1) is 0 Å². The molecule has 0 aromatic carbocycles. The van der Waals surface area contributed by atoms with E-state index >= 15 is 0 Å². The number of methoxy groups -OCH3 is 1. The van der Waals surface area contributed by atoms with Gasteiger partial charge in [-0.15, -0.1) is 11.3 Å². The number of hydrogen-bond donors (Lipinski definition) is 0. The maximum Gasteiger partial charge on any atom is 0.433 e. The molecule has 10 heteroatoms. The first kappa shape index (κ1) is 18.7. The van der Waals surface area contributed by atoms with Gasteiger partial charge in [0.2, 0.25) is 0 Å². The molecule has 0 amide bonds. The predicted molar refractivity (Wildman–Crippen MR) is 82.9 cm³/mol. The van der Waals surface area contributed by atoms with Gasteiger partial charge in [0.25, 0.3) is 0 Å². The first-order valence-corrected chi connectivity index (χ1v) is 8.96. The van der Waals surface area contributed by atoms with Crippen molar-refractivity contribution in [3.8, 4) is 10.6 Å². The number of alkyl halides is 3. The third kappa shape index (κ3) is 4.92. The van der Waals surface area contributed by atoms with Gasteiger partial charge in [0.15, 0.2) is 5.69 Å². The Bertz CT molecular complexity index is 693. The number of halogens is 3. The molecule has 1 unspecified atom stereocenters. The highest BCUT2D eigenvalue weighted by atomic mass is 32.2. The normalized spacial score (nSPS) is 12.9. The standard InChI is InChI=1S/C14H13F3N2O3S2/c1-22-12(20)5-3-7-24(21)13-18-9(10-4-2-6-23-10)8-11(19-13)14(15,16)17/h2,4,6,8H,3,5,7H2,1H3. The molecule has 0 saturated carbocycles. The van der Waals surface area contributed by atoms with Crippen LogP contribution in [0.5, 0.6) is 0 Å². The summed E-state index contributed by atoms with van der Waals surface area (Å²) in [6, 6.07) is 4.14. The highest BCUT2D eigenvalue weighted by Gasteiger charge is 2.35. The summed E-state index contributed by atoms with van der Waals surface area (Å²) >= 11 is -0.621. The van der Waals surface area contributed by atoms with Crippen molar-refractivity contribution in [2.75, 3.05) is 12.9 Å². The van der Waals surface area contributed by atoms with Gasteiger partial charge in [-0.25, -0.2) is 0 Å². The number of carbonyl (C=O) groups excluding carboxylic acids is 1. The number of aromatic nitrogens is 2. The summed E-state index contributed by atoms with van der Waals surface area (Å²) in [6.07, 6.45) is -4.44. The molecule has 0 saturated heterocycles. The number of esters is 1. The molecule has 24 heavy (non-hydrogen) atoms. The van der Waals surface area contributed by atoms with E-state index in [-0.39, 0.29) is 24.3 Å². The van der Waals surface area contributed by atoms with Crippen molar-refractivity contribution < 1.29 is 27.3 Å². The Balaban J connectivity index is 2.25. The summed E-state index contributed by atoms with van der Waals surface area (Å²) in [6.45, 7) is 0. The summed E-state index contributed by atoms with van der Waals surface area (Å²) in [4.78, 5) is 18.9. The number of ether oxygens (including phenoxy) is 1. The predicted octanol–water partition coefficient (Wildman–Crippen LogP) is 3.28. The fourth-order valence-electron chi connectivity index (χ4n) is 1.76. The maximum absolute atomic E-state index is 13.0. The molecular formula is C14H13F3N2O3S2. The van der Waals surface area contributed by atoms with Gasteiger partial charge in [0.1, 0.15) is 5.75 Å². The van der Waals surface area contributed by atoms with Crippen molar-refractivity contribution in [2.24, 2.45) is 0 Å². The zero-order valence-corrected chi connectivity index (χ0v) is 14.1. The van der Waals surface area contributed by atoms with Crippen LogP contribution < -0.4 is 0 Å². The highest BCUT2D eigenvalue weighted by Crippen LogP contribution is 2.32. The van der Waals surface area contributed by atoms with Crippen LogP contribution in [0.1, 0.15) is 18.5 Å². The Morgan fingerprint density at radius 2 is 2.17 bits per heavy atom. The lowest BCUT2D eigenvalue weighted by molar-refractivity contribution is -0.142. The van der Waals surface area contributed by atoms with Crippen molar-refractivity contribution in [1.29, 1.82) is 0 Å². The number of carbonyl (C=O) groups is 1. The van der Waals surface area contributed by atoms with Crippen LogP contribution in [0.25, 0.3) is 10.6 Å². The zero-order valence-electron chi connectivity index (χ0n) is 12.5. The Kier molecular flexibility index (Phi) is 6.19. The molecule has 5 nitrogen and oxygen atoms in total. The van der Waals surface area contributed by atoms with Crippen LogP contribution in [-0.2, 0) is 26.9 Å². The second-order valence-electron chi connectivity index (χ2n) is 4.63. The highest BCUT2D eigenvalue weighted by molar-refractivity contribution is 7.91. The van der Waals surface area contributed by atoms with Crippen molar-refractivity contribution in [2.45, 2.75) is 24.2 Å². The largest absolute Gasteiger partial charge is 0.609 e. The first-order valence-electron chi connectivity index (χ1n) is 6.76. The van der Waals surface area contributed by atoms with E-state index in [9.17, 15) is 22.5 Å². The molecule has 0 aliphatic carbocycles. The van der Waals surface area contributed by atoms with Crippen molar-refractivity contribution in [3.63, 3.8) is 0 Å². The van der Waals surface area contributed by atoms with E-state index in [1.165, 1.54) is 18.4 Å². The lowest BCUT2D eigenvalue weighted by Gasteiger charge is -2.12. The van der Waals surface area contributed by atoms with Gasteiger partial charge >= 0.3 is 17.3 Å². The minimum absolute atomic E-state index is 0.0268. The third-order valence-corrected chi connectivity index (χ3v) is 5.05. The lowest BCUT2D eigenvalue weighted by Crippen LogP contribution is -2.17. The summed E-state index contributed by atoms with van der Waals surface area (Å²) in [5, 5.41) is 1.32. The van der Waals surface area contributed by atoms with E-state index in [2.05, 4.69) is 14.7 Å². The molecule has 2 aromatic heterocycles. The van der Waals surface area contributed by atoms with Gasteiger partial charge < -0.3 is 9.29 Å². The van der Waals surface area contributed by atoms with Crippen LogP contribution in [-0.4, -0.2) is 33.4 Å². The lowest BCUT2D eigenvalue weighted by atomic mass is 10.3. The molecule has 0 bridgehead atoms. The van der Waals surface area contributed by atoms with Crippen LogP contribution in [0.3, 0.4) is 0 Å².